The number of nitrogens with zero attached hydrogens (tertiary/aromatic N) is 2. The summed E-state index contributed by atoms with van der Waals surface area (Å²) in [5.74, 6) is -0.200. The Hall–Kier alpha value is -2.40. The molecule has 1 aliphatic rings. The summed E-state index contributed by atoms with van der Waals surface area (Å²) in [6.07, 6.45) is 2.97. The van der Waals surface area contributed by atoms with E-state index in [9.17, 15) is 18.3 Å². The Bertz CT molecular complexity index is 937. The van der Waals surface area contributed by atoms with Crippen molar-refractivity contribution in [2.24, 2.45) is 0 Å². The van der Waals surface area contributed by atoms with Crippen LogP contribution in [0.4, 0.5) is 0 Å². The lowest BCUT2D eigenvalue weighted by Crippen LogP contribution is -2.51. The smallest absolute Gasteiger partial charge is 0.240 e. The molecule has 10 heteroatoms. The zero-order chi connectivity index (χ0) is 21.6. The highest BCUT2D eigenvalue weighted by Crippen LogP contribution is 2.23. The summed E-state index contributed by atoms with van der Waals surface area (Å²) < 4.78 is 33.7. The predicted molar refractivity (Wildman–Crippen MR) is 109 cm³/mol. The van der Waals surface area contributed by atoms with Gasteiger partial charge in [0.2, 0.25) is 15.9 Å². The molecule has 1 saturated heterocycles. The summed E-state index contributed by atoms with van der Waals surface area (Å²) in [6.45, 7) is 1.82. The van der Waals surface area contributed by atoms with Crippen molar-refractivity contribution in [3.05, 3.63) is 54.1 Å². The number of hydrogen-bond donors (Lipinski definition) is 3. The molecule has 3 N–H and O–H groups in total. The van der Waals surface area contributed by atoms with E-state index in [1.807, 2.05) is 6.92 Å². The first-order valence-electron chi connectivity index (χ1n) is 9.74. The first-order valence-corrected chi connectivity index (χ1v) is 11.2. The topological polar surface area (TPSA) is 131 Å². The van der Waals surface area contributed by atoms with Gasteiger partial charge in [-0.3, -0.25) is 4.79 Å². The van der Waals surface area contributed by atoms with E-state index in [-0.39, 0.29) is 30.4 Å². The van der Waals surface area contributed by atoms with Crippen LogP contribution in [0.5, 0.6) is 0 Å². The lowest BCUT2D eigenvalue weighted by Gasteiger charge is -2.35. The minimum atomic E-state index is -3.73. The van der Waals surface area contributed by atoms with E-state index >= 15 is 0 Å². The van der Waals surface area contributed by atoms with Gasteiger partial charge in [0, 0.05) is 6.20 Å². The SMILES string of the molecule is Cc1ccc(S(=O)(=O)N[C@H]2CC[C@H](CC(=O)NCc3ccncn3)O[C@@H]2CO)cc1. The Morgan fingerprint density at radius 1 is 1.23 bits per heavy atom. The summed E-state index contributed by atoms with van der Waals surface area (Å²) in [5.41, 5.74) is 1.66. The van der Waals surface area contributed by atoms with Crippen molar-refractivity contribution < 1.29 is 23.1 Å². The van der Waals surface area contributed by atoms with E-state index in [1.165, 1.54) is 6.33 Å². The van der Waals surface area contributed by atoms with Gasteiger partial charge in [-0.1, -0.05) is 17.7 Å². The number of aryl methyl sites for hydroxylation is 1. The fourth-order valence-corrected chi connectivity index (χ4v) is 4.59. The average molecular weight is 435 g/mol. The van der Waals surface area contributed by atoms with E-state index in [0.29, 0.717) is 18.5 Å². The second kappa shape index (κ2) is 10.1. The molecule has 1 aromatic carbocycles. The van der Waals surface area contributed by atoms with Crippen LogP contribution in [-0.2, 0) is 26.1 Å². The molecule has 1 amide bonds. The van der Waals surface area contributed by atoms with Crippen LogP contribution >= 0.6 is 0 Å². The largest absolute Gasteiger partial charge is 0.394 e. The van der Waals surface area contributed by atoms with Crippen LogP contribution in [0.3, 0.4) is 0 Å². The maximum absolute atomic E-state index is 12.6. The third-order valence-corrected chi connectivity index (χ3v) is 6.46. The van der Waals surface area contributed by atoms with Gasteiger partial charge < -0.3 is 15.2 Å². The van der Waals surface area contributed by atoms with Crippen LogP contribution in [-0.4, -0.2) is 54.3 Å². The van der Waals surface area contributed by atoms with Crippen molar-refractivity contribution in [1.82, 2.24) is 20.0 Å². The molecule has 0 saturated carbocycles. The Morgan fingerprint density at radius 3 is 2.67 bits per heavy atom. The van der Waals surface area contributed by atoms with Gasteiger partial charge in [0.15, 0.2) is 0 Å². The van der Waals surface area contributed by atoms with E-state index in [2.05, 4.69) is 20.0 Å². The number of rotatable bonds is 8. The number of hydrogen-bond acceptors (Lipinski definition) is 7. The number of benzene rings is 1. The minimum Gasteiger partial charge on any atom is -0.394 e. The van der Waals surface area contributed by atoms with E-state index in [1.54, 1.807) is 36.5 Å². The van der Waals surface area contributed by atoms with Crippen LogP contribution in [0.25, 0.3) is 0 Å². The van der Waals surface area contributed by atoms with Crippen LogP contribution in [0.2, 0.25) is 0 Å². The van der Waals surface area contributed by atoms with Gasteiger partial charge in [0.05, 0.1) is 48.4 Å². The number of ether oxygens (including phenoxy) is 1. The summed E-state index contributed by atoms with van der Waals surface area (Å²) in [4.78, 5) is 20.2. The number of sulfonamides is 1. The number of aromatic nitrogens is 2. The average Bonchev–Trinajstić information content (AvgIpc) is 2.74. The fraction of sp³-hybridized carbons (Fsp3) is 0.450. The minimum absolute atomic E-state index is 0.124. The third kappa shape index (κ3) is 6.05. The van der Waals surface area contributed by atoms with Crippen LogP contribution in [0.1, 0.15) is 30.5 Å². The molecule has 162 valence electrons. The van der Waals surface area contributed by atoms with Crippen molar-refractivity contribution in [3.63, 3.8) is 0 Å². The summed E-state index contributed by atoms with van der Waals surface area (Å²) in [7, 11) is -3.73. The molecule has 0 aliphatic carbocycles. The Kier molecular flexibility index (Phi) is 7.48. The number of aliphatic hydroxyl groups is 1. The van der Waals surface area contributed by atoms with E-state index < -0.39 is 28.3 Å². The predicted octanol–water partition coefficient (Wildman–Crippen LogP) is 0.678. The van der Waals surface area contributed by atoms with Gasteiger partial charge in [0.25, 0.3) is 0 Å². The highest BCUT2D eigenvalue weighted by Gasteiger charge is 2.34. The van der Waals surface area contributed by atoms with E-state index in [4.69, 9.17) is 4.74 Å². The molecule has 0 spiro atoms. The normalized spacial score (nSPS) is 21.9. The summed E-state index contributed by atoms with van der Waals surface area (Å²) in [6, 6.07) is 7.68. The molecule has 0 radical (unpaired) electrons. The Labute approximate surface area is 176 Å². The van der Waals surface area contributed by atoms with Crippen LogP contribution in [0.15, 0.2) is 47.8 Å². The van der Waals surface area contributed by atoms with Crippen molar-refractivity contribution in [3.8, 4) is 0 Å². The Morgan fingerprint density at radius 2 is 2.00 bits per heavy atom. The molecule has 3 atom stereocenters. The maximum atomic E-state index is 12.6. The summed E-state index contributed by atoms with van der Waals surface area (Å²) >= 11 is 0. The highest BCUT2D eigenvalue weighted by atomic mass is 32.2. The molecular formula is C20H26N4O5S. The summed E-state index contributed by atoms with van der Waals surface area (Å²) in [5, 5.41) is 12.5. The monoisotopic (exact) mass is 434 g/mol. The quantitative estimate of drug-likeness (QED) is 0.557. The molecular weight excluding hydrogens is 408 g/mol. The maximum Gasteiger partial charge on any atom is 0.240 e. The molecule has 9 nitrogen and oxygen atoms in total. The van der Waals surface area contributed by atoms with Gasteiger partial charge >= 0.3 is 0 Å². The molecule has 2 aromatic rings. The molecule has 0 bridgehead atoms. The van der Waals surface area contributed by atoms with Gasteiger partial charge in [-0.05, 0) is 38.0 Å². The number of amides is 1. The third-order valence-electron chi connectivity index (χ3n) is 4.96. The second-order valence-electron chi connectivity index (χ2n) is 7.28. The van der Waals surface area contributed by atoms with Gasteiger partial charge in [0.1, 0.15) is 6.33 Å². The zero-order valence-corrected chi connectivity index (χ0v) is 17.5. The highest BCUT2D eigenvalue weighted by molar-refractivity contribution is 7.89. The van der Waals surface area contributed by atoms with Crippen molar-refractivity contribution >= 4 is 15.9 Å². The second-order valence-corrected chi connectivity index (χ2v) is 8.99. The number of aliphatic hydroxyl groups excluding tert-OH is 1. The van der Waals surface area contributed by atoms with Crippen LogP contribution < -0.4 is 10.0 Å². The van der Waals surface area contributed by atoms with Crippen molar-refractivity contribution in [2.45, 2.75) is 55.9 Å². The fourth-order valence-electron chi connectivity index (χ4n) is 3.29. The lowest BCUT2D eigenvalue weighted by atomic mass is 9.98. The molecule has 0 unspecified atom stereocenters. The molecule has 1 aliphatic heterocycles. The molecule has 2 heterocycles. The standard InChI is InChI=1S/C20H26N4O5S/c1-14-2-5-17(6-3-14)30(27,28)24-18-7-4-16(29-19(18)12-25)10-20(26)22-11-15-8-9-21-13-23-15/h2-3,5-6,8-9,13,16,18-19,24-25H,4,7,10-12H2,1H3,(H,22,26)/t16-,18+,19-/m1/s1. The number of nitrogens with one attached hydrogen (secondary N) is 2. The number of carbonyl (C=O) groups is 1. The van der Waals surface area contributed by atoms with Crippen LogP contribution in [0, 0.1) is 6.92 Å². The molecule has 3 rings (SSSR count). The van der Waals surface area contributed by atoms with Gasteiger partial charge in [-0.25, -0.2) is 23.1 Å². The number of carbonyl (C=O) groups excluding carboxylic acids is 1. The first-order chi connectivity index (χ1) is 14.4. The van der Waals surface area contributed by atoms with Crippen molar-refractivity contribution in [1.29, 1.82) is 0 Å². The lowest BCUT2D eigenvalue weighted by molar-refractivity contribution is -0.130. The molecule has 1 fully saturated rings. The van der Waals surface area contributed by atoms with Gasteiger partial charge in [-0.15, -0.1) is 0 Å². The van der Waals surface area contributed by atoms with Gasteiger partial charge in [-0.2, -0.15) is 0 Å². The molecule has 1 aromatic heterocycles. The first kappa shape index (κ1) is 22.3. The van der Waals surface area contributed by atoms with E-state index in [0.717, 1.165) is 5.56 Å². The Balaban J connectivity index is 1.53. The van der Waals surface area contributed by atoms with Crippen molar-refractivity contribution in [2.75, 3.05) is 6.61 Å². The molecule has 30 heavy (non-hydrogen) atoms. The zero-order valence-electron chi connectivity index (χ0n) is 16.7.